The maximum Gasteiger partial charge on any atom is 0.274 e. The lowest BCUT2D eigenvalue weighted by Crippen LogP contribution is -2.48. The number of pyridine rings is 1. The van der Waals surface area contributed by atoms with E-state index in [1.165, 1.54) is 6.08 Å². The summed E-state index contributed by atoms with van der Waals surface area (Å²) in [5.74, 6) is 0.643. The number of hydrogen-bond acceptors (Lipinski definition) is 8. The van der Waals surface area contributed by atoms with E-state index < -0.39 is 0 Å². The first-order chi connectivity index (χ1) is 20.6. The van der Waals surface area contributed by atoms with Crippen molar-refractivity contribution in [2.24, 2.45) is 0 Å². The molecule has 5 heterocycles. The van der Waals surface area contributed by atoms with E-state index in [0.717, 1.165) is 72.8 Å². The molecule has 42 heavy (non-hydrogen) atoms. The van der Waals surface area contributed by atoms with Crippen LogP contribution in [0.1, 0.15) is 16.1 Å². The van der Waals surface area contributed by atoms with Crippen LogP contribution in [0.2, 0.25) is 0 Å². The molecular formula is C31H34N8O3. The van der Waals surface area contributed by atoms with Crippen LogP contribution < -0.4 is 10.2 Å². The van der Waals surface area contributed by atoms with Gasteiger partial charge in [-0.3, -0.25) is 19.5 Å². The van der Waals surface area contributed by atoms with Gasteiger partial charge in [-0.25, -0.2) is 9.97 Å². The van der Waals surface area contributed by atoms with Gasteiger partial charge < -0.3 is 24.8 Å². The normalized spacial score (nSPS) is 16.0. The fourth-order valence-electron chi connectivity index (χ4n) is 5.40. The number of rotatable bonds is 8. The van der Waals surface area contributed by atoms with E-state index in [0.29, 0.717) is 37.7 Å². The van der Waals surface area contributed by atoms with Crippen molar-refractivity contribution in [2.45, 2.75) is 6.42 Å². The van der Waals surface area contributed by atoms with Gasteiger partial charge in [0.1, 0.15) is 23.5 Å². The van der Waals surface area contributed by atoms with Crippen molar-refractivity contribution in [2.75, 3.05) is 69.2 Å². The third-order valence-corrected chi connectivity index (χ3v) is 7.80. The molecule has 2 amide bonds. The van der Waals surface area contributed by atoms with Crippen LogP contribution in [0.25, 0.3) is 22.3 Å². The summed E-state index contributed by atoms with van der Waals surface area (Å²) in [4.78, 5) is 47.8. The number of ether oxygens (including phenoxy) is 1. The van der Waals surface area contributed by atoms with Crippen LogP contribution in [-0.4, -0.2) is 101 Å². The van der Waals surface area contributed by atoms with Crippen LogP contribution in [0.4, 0.5) is 11.5 Å². The van der Waals surface area contributed by atoms with Crippen molar-refractivity contribution in [3.8, 4) is 11.3 Å². The number of benzene rings is 1. The van der Waals surface area contributed by atoms with E-state index in [1.807, 2.05) is 41.3 Å². The summed E-state index contributed by atoms with van der Waals surface area (Å²) in [6.45, 7) is 10.5. The van der Waals surface area contributed by atoms with Crippen LogP contribution in [-0.2, 0) is 16.0 Å². The lowest BCUT2D eigenvalue weighted by atomic mass is 10.1. The van der Waals surface area contributed by atoms with Crippen molar-refractivity contribution in [1.82, 2.24) is 29.7 Å². The zero-order valence-corrected chi connectivity index (χ0v) is 23.5. The van der Waals surface area contributed by atoms with Gasteiger partial charge in [0.2, 0.25) is 5.91 Å². The minimum Gasteiger partial charge on any atom is -0.378 e. The average Bonchev–Trinajstić information content (AvgIpc) is 3.49. The highest BCUT2D eigenvalue weighted by atomic mass is 16.5. The van der Waals surface area contributed by atoms with Crippen LogP contribution in [0.15, 0.2) is 67.6 Å². The summed E-state index contributed by atoms with van der Waals surface area (Å²) < 4.78 is 5.49. The summed E-state index contributed by atoms with van der Waals surface area (Å²) in [5, 5.41) is 3.94. The number of piperazine rings is 1. The van der Waals surface area contributed by atoms with Gasteiger partial charge in [-0.15, -0.1) is 0 Å². The molecule has 0 radical (unpaired) electrons. The zero-order chi connectivity index (χ0) is 28.9. The highest BCUT2D eigenvalue weighted by Gasteiger charge is 2.20. The number of H-pyrrole nitrogens is 1. The van der Waals surface area contributed by atoms with Crippen molar-refractivity contribution in [1.29, 1.82) is 0 Å². The first kappa shape index (κ1) is 27.6. The fraction of sp³-hybridized carbons (Fsp3) is 0.323. The number of carbonyl (C=O) groups is 2. The second kappa shape index (κ2) is 12.5. The van der Waals surface area contributed by atoms with Crippen molar-refractivity contribution >= 4 is 34.4 Å². The van der Waals surface area contributed by atoms with Gasteiger partial charge in [0.05, 0.1) is 18.6 Å². The second-order valence-corrected chi connectivity index (χ2v) is 10.4. The lowest BCUT2D eigenvalue weighted by molar-refractivity contribution is -0.127. The van der Waals surface area contributed by atoms with Gasteiger partial charge in [0.25, 0.3) is 5.91 Å². The van der Waals surface area contributed by atoms with E-state index >= 15 is 0 Å². The van der Waals surface area contributed by atoms with E-state index in [2.05, 4.69) is 47.7 Å². The first-order valence-corrected chi connectivity index (χ1v) is 14.2. The number of carbonyl (C=O) groups excluding carboxylic acids is 2. The van der Waals surface area contributed by atoms with E-state index in [-0.39, 0.29) is 11.8 Å². The molecule has 216 valence electrons. The van der Waals surface area contributed by atoms with Crippen LogP contribution >= 0.6 is 0 Å². The minimum absolute atomic E-state index is 0.0140. The Bertz CT molecular complexity index is 1570. The van der Waals surface area contributed by atoms with Crippen LogP contribution in [0, 0.1) is 0 Å². The summed E-state index contributed by atoms with van der Waals surface area (Å²) in [6.07, 6.45) is 5.44. The maximum absolute atomic E-state index is 13.0. The van der Waals surface area contributed by atoms with Gasteiger partial charge in [0, 0.05) is 63.4 Å². The number of aromatic amines is 1. The SMILES string of the molecule is C=CC(=O)N1CCN(CCc2ccnc(C(=O)Nc3ccc(-c4cc5c(N6CCOCC6)ncnc5[nH]4)cc3)c2)CC1. The molecule has 2 aliphatic heterocycles. The Balaban J connectivity index is 1.06. The maximum atomic E-state index is 13.0. The Hall–Kier alpha value is -4.61. The number of fused-ring (bicyclic) bond motifs is 1. The topological polar surface area (TPSA) is 120 Å². The van der Waals surface area contributed by atoms with Crippen LogP contribution in [0.5, 0.6) is 0 Å². The molecule has 2 N–H and O–H groups in total. The smallest absolute Gasteiger partial charge is 0.274 e. The molecule has 11 nitrogen and oxygen atoms in total. The Morgan fingerprint density at radius 3 is 2.52 bits per heavy atom. The summed E-state index contributed by atoms with van der Waals surface area (Å²) in [7, 11) is 0. The number of anilines is 2. The minimum atomic E-state index is -0.253. The van der Waals surface area contributed by atoms with Crippen molar-refractivity contribution in [3.05, 3.63) is 78.9 Å². The van der Waals surface area contributed by atoms with E-state index in [4.69, 9.17) is 4.74 Å². The highest BCUT2D eigenvalue weighted by molar-refractivity contribution is 6.03. The molecule has 6 rings (SSSR count). The Kier molecular flexibility index (Phi) is 8.20. The predicted molar refractivity (Wildman–Crippen MR) is 161 cm³/mol. The van der Waals surface area contributed by atoms with Crippen molar-refractivity contribution in [3.63, 3.8) is 0 Å². The standard InChI is InChI=1S/C31H34N8O3/c1-2-28(40)38-13-11-37(12-14-38)10-8-22-7-9-32-27(19-22)31(41)35-24-5-3-23(4-6-24)26-20-25-29(36-26)33-21-34-30(25)39-15-17-42-18-16-39/h2-7,9,19-21H,1,8,10-18H2,(H,35,41)(H,33,34,36). The number of nitrogens with zero attached hydrogens (tertiary/aromatic N) is 6. The summed E-state index contributed by atoms with van der Waals surface area (Å²) in [5.41, 5.74) is 4.81. The molecule has 2 fully saturated rings. The van der Waals surface area contributed by atoms with Gasteiger partial charge in [-0.1, -0.05) is 18.7 Å². The molecule has 0 spiro atoms. The molecule has 0 bridgehead atoms. The monoisotopic (exact) mass is 566 g/mol. The summed E-state index contributed by atoms with van der Waals surface area (Å²) >= 11 is 0. The van der Waals surface area contributed by atoms with Gasteiger partial charge in [-0.05, 0) is 54.0 Å². The van der Waals surface area contributed by atoms with Crippen molar-refractivity contribution < 1.29 is 14.3 Å². The molecule has 2 saturated heterocycles. The van der Waals surface area contributed by atoms with Gasteiger partial charge >= 0.3 is 0 Å². The molecule has 11 heteroatoms. The fourth-order valence-corrected chi connectivity index (χ4v) is 5.40. The van der Waals surface area contributed by atoms with Crippen LogP contribution in [0.3, 0.4) is 0 Å². The molecular weight excluding hydrogens is 532 g/mol. The average molecular weight is 567 g/mol. The Morgan fingerprint density at radius 1 is 0.976 bits per heavy atom. The number of morpholine rings is 1. The largest absolute Gasteiger partial charge is 0.378 e. The van der Waals surface area contributed by atoms with E-state index in [9.17, 15) is 9.59 Å². The number of amides is 2. The number of hydrogen-bond donors (Lipinski definition) is 2. The van der Waals surface area contributed by atoms with Gasteiger partial charge in [0.15, 0.2) is 0 Å². The van der Waals surface area contributed by atoms with Gasteiger partial charge in [-0.2, -0.15) is 0 Å². The molecule has 0 unspecified atom stereocenters. The molecule has 0 atom stereocenters. The Labute approximate surface area is 244 Å². The zero-order valence-electron chi connectivity index (χ0n) is 23.5. The molecule has 1 aromatic carbocycles. The quantitative estimate of drug-likeness (QED) is 0.313. The molecule has 0 aliphatic carbocycles. The number of aromatic nitrogens is 4. The third-order valence-electron chi connectivity index (χ3n) is 7.80. The molecule has 4 aromatic rings. The van der Waals surface area contributed by atoms with E-state index in [1.54, 1.807) is 12.5 Å². The molecule has 2 aliphatic rings. The summed E-state index contributed by atoms with van der Waals surface area (Å²) in [6, 6.07) is 13.6. The first-order valence-electron chi connectivity index (χ1n) is 14.2. The highest BCUT2D eigenvalue weighted by Crippen LogP contribution is 2.29. The number of nitrogens with one attached hydrogen (secondary N) is 2. The third kappa shape index (κ3) is 6.17. The lowest BCUT2D eigenvalue weighted by Gasteiger charge is -2.34. The Morgan fingerprint density at radius 2 is 1.76 bits per heavy atom. The predicted octanol–water partition coefficient (Wildman–Crippen LogP) is 2.98. The molecule has 0 saturated carbocycles. The second-order valence-electron chi connectivity index (χ2n) is 10.4. The molecule has 3 aromatic heterocycles.